The first-order valence-electron chi connectivity index (χ1n) is 7.40. The minimum absolute atomic E-state index is 0.00667. The smallest absolute Gasteiger partial charge is 0.208 e. The van der Waals surface area contributed by atoms with Crippen LogP contribution in [-0.2, 0) is 0 Å². The van der Waals surface area contributed by atoms with Gasteiger partial charge in [0.15, 0.2) is 0 Å². The number of ketones is 1. The van der Waals surface area contributed by atoms with Gasteiger partial charge in [-0.2, -0.15) is 5.26 Å². The average molecular weight is 339 g/mol. The molecule has 22 heavy (non-hydrogen) atoms. The van der Waals surface area contributed by atoms with Gasteiger partial charge in [-0.1, -0.05) is 56.0 Å². The number of carbonyl (C=O) groups is 1. The van der Waals surface area contributed by atoms with Crippen molar-refractivity contribution in [3.63, 3.8) is 0 Å². The summed E-state index contributed by atoms with van der Waals surface area (Å²) in [4.78, 5) is 12.4. The Bertz CT molecular complexity index is 565. The molecule has 0 bridgehead atoms. The van der Waals surface area contributed by atoms with E-state index in [0.717, 1.165) is 25.7 Å². The second kappa shape index (κ2) is 9.50. The third-order valence-corrected chi connectivity index (χ3v) is 3.92. The van der Waals surface area contributed by atoms with Crippen LogP contribution in [0.15, 0.2) is 30.0 Å². The summed E-state index contributed by atoms with van der Waals surface area (Å²) < 4.78 is 0. The summed E-state index contributed by atoms with van der Waals surface area (Å²) in [6, 6.07) is 7.01. The zero-order valence-electron chi connectivity index (χ0n) is 12.8. The van der Waals surface area contributed by atoms with E-state index in [4.69, 9.17) is 23.2 Å². The van der Waals surface area contributed by atoms with Crippen molar-refractivity contribution in [2.45, 2.75) is 45.6 Å². The summed E-state index contributed by atoms with van der Waals surface area (Å²) in [6.45, 7) is 4.21. The van der Waals surface area contributed by atoms with Crippen molar-refractivity contribution in [2.75, 3.05) is 0 Å². The van der Waals surface area contributed by atoms with Gasteiger partial charge in [-0.25, -0.2) is 0 Å². The van der Waals surface area contributed by atoms with Gasteiger partial charge in [0.25, 0.3) is 0 Å². The molecule has 1 aromatic rings. The van der Waals surface area contributed by atoms with E-state index in [1.165, 1.54) is 6.20 Å². The molecule has 5 heteroatoms. The molecule has 0 spiro atoms. The highest BCUT2D eigenvalue weighted by Gasteiger charge is 2.19. The van der Waals surface area contributed by atoms with Gasteiger partial charge in [-0.15, -0.1) is 0 Å². The van der Waals surface area contributed by atoms with Gasteiger partial charge in [0.1, 0.15) is 11.6 Å². The first-order valence-corrected chi connectivity index (χ1v) is 8.15. The first kappa shape index (κ1) is 18.5. The standard InChI is InChI=1S/C17H20Cl2N2O/c1-3-6-13(7-4-2)21-11-12(10-20)17(22)16-14(18)8-5-9-15(16)19/h5,8-9,11,13,21H,3-4,6-7H2,1-2H3. The van der Waals surface area contributed by atoms with Gasteiger partial charge in [0, 0.05) is 12.2 Å². The van der Waals surface area contributed by atoms with E-state index >= 15 is 0 Å². The van der Waals surface area contributed by atoms with E-state index in [0.29, 0.717) is 0 Å². The van der Waals surface area contributed by atoms with E-state index in [1.54, 1.807) is 18.2 Å². The molecule has 1 rings (SSSR count). The molecular weight excluding hydrogens is 319 g/mol. The molecular formula is C17H20Cl2N2O. The summed E-state index contributed by atoms with van der Waals surface area (Å²) in [6.07, 6.45) is 5.54. The van der Waals surface area contributed by atoms with Gasteiger partial charge in [-0.05, 0) is 25.0 Å². The molecule has 0 fully saturated rings. The number of hydrogen-bond acceptors (Lipinski definition) is 3. The highest BCUT2D eigenvalue weighted by Crippen LogP contribution is 2.26. The van der Waals surface area contributed by atoms with E-state index < -0.39 is 5.78 Å². The molecule has 0 heterocycles. The van der Waals surface area contributed by atoms with Crippen LogP contribution in [-0.4, -0.2) is 11.8 Å². The fourth-order valence-electron chi connectivity index (χ4n) is 2.21. The highest BCUT2D eigenvalue weighted by molar-refractivity contribution is 6.41. The van der Waals surface area contributed by atoms with Gasteiger partial charge in [0.05, 0.1) is 15.6 Å². The Balaban J connectivity index is 2.98. The van der Waals surface area contributed by atoms with Crippen molar-refractivity contribution in [1.82, 2.24) is 5.32 Å². The van der Waals surface area contributed by atoms with Gasteiger partial charge in [-0.3, -0.25) is 4.79 Å². The third-order valence-electron chi connectivity index (χ3n) is 3.29. The lowest BCUT2D eigenvalue weighted by Crippen LogP contribution is -2.25. The molecule has 0 aliphatic heterocycles. The van der Waals surface area contributed by atoms with Gasteiger partial charge < -0.3 is 5.32 Å². The minimum Gasteiger partial charge on any atom is -0.387 e. The highest BCUT2D eigenvalue weighted by atomic mass is 35.5. The van der Waals surface area contributed by atoms with Crippen LogP contribution in [0, 0.1) is 11.3 Å². The molecule has 0 atom stereocenters. The predicted molar refractivity (Wildman–Crippen MR) is 91.2 cm³/mol. The lowest BCUT2D eigenvalue weighted by Gasteiger charge is -2.15. The zero-order valence-corrected chi connectivity index (χ0v) is 14.3. The van der Waals surface area contributed by atoms with Crippen LogP contribution in [0.3, 0.4) is 0 Å². The molecule has 0 saturated heterocycles. The van der Waals surface area contributed by atoms with E-state index in [1.807, 2.05) is 6.07 Å². The van der Waals surface area contributed by atoms with Crippen LogP contribution in [0.2, 0.25) is 10.0 Å². The maximum Gasteiger partial charge on any atom is 0.208 e. The lowest BCUT2D eigenvalue weighted by molar-refractivity contribution is 0.103. The Morgan fingerprint density at radius 3 is 2.27 bits per heavy atom. The Morgan fingerprint density at radius 2 is 1.82 bits per heavy atom. The quantitative estimate of drug-likeness (QED) is 0.405. The average Bonchev–Trinajstić information content (AvgIpc) is 2.48. The zero-order chi connectivity index (χ0) is 16.5. The Morgan fingerprint density at radius 1 is 1.27 bits per heavy atom. The summed E-state index contributed by atoms with van der Waals surface area (Å²) in [7, 11) is 0. The van der Waals surface area contributed by atoms with Crippen molar-refractivity contribution >= 4 is 29.0 Å². The summed E-state index contributed by atoms with van der Waals surface area (Å²) in [5, 5.41) is 12.9. The maximum atomic E-state index is 12.4. The molecule has 0 radical (unpaired) electrons. The van der Waals surface area contributed by atoms with Crippen LogP contribution in [0.5, 0.6) is 0 Å². The summed E-state index contributed by atoms with van der Waals surface area (Å²) >= 11 is 12.1. The third kappa shape index (κ3) is 5.05. The fourth-order valence-corrected chi connectivity index (χ4v) is 2.78. The van der Waals surface area contributed by atoms with Crippen LogP contribution in [0.1, 0.15) is 49.9 Å². The fraction of sp³-hybridized carbons (Fsp3) is 0.412. The lowest BCUT2D eigenvalue weighted by atomic mass is 10.0. The maximum absolute atomic E-state index is 12.4. The number of Topliss-reactive ketones (excluding diaryl/α,β-unsaturated/α-hetero) is 1. The normalized spacial score (nSPS) is 11.4. The number of nitriles is 1. The van der Waals surface area contributed by atoms with Crippen molar-refractivity contribution in [1.29, 1.82) is 5.26 Å². The topological polar surface area (TPSA) is 52.9 Å². The Labute approximate surface area is 141 Å². The molecule has 3 nitrogen and oxygen atoms in total. The number of hydrogen-bond donors (Lipinski definition) is 1. The molecule has 1 N–H and O–H groups in total. The van der Waals surface area contributed by atoms with E-state index in [-0.39, 0.29) is 27.2 Å². The SMILES string of the molecule is CCCC(CCC)NC=C(C#N)C(=O)c1c(Cl)cccc1Cl. The van der Waals surface area contributed by atoms with Crippen LogP contribution >= 0.6 is 23.2 Å². The largest absolute Gasteiger partial charge is 0.387 e. The molecule has 118 valence electrons. The van der Waals surface area contributed by atoms with Crippen LogP contribution in [0.25, 0.3) is 0 Å². The molecule has 1 aromatic carbocycles. The Hall–Kier alpha value is -1.50. The van der Waals surface area contributed by atoms with Crippen molar-refractivity contribution in [3.8, 4) is 6.07 Å². The number of carbonyl (C=O) groups excluding carboxylic acids is 1. The molecule has 0 amide bonds. The monoisotopic (exact) mass is 338 g/mol. The molecule has 0 aliphatic rings. The number of nitrogens with zero attached hydrogens (tertiary/aromatic N) is 1. The molecule has 0 aromatic heterocycles. The van der Waals surface area contributed by atoms with Crippen LogP contribution < -0.4 is 5.32 Å². The first-order chi connectivity index (χ1) is 10.5. The molecule has 0 aliphatic carbocycles. The molecule has 0 saturated carbocycles. The van der Waals surface area contributed by atoms with Crippen LogP contribution in [0.4, 0.5) is 0 Å². The van der Waals surface area contributed by atoms with Crippen molar-refractivity contribution < 1.29 is 4.79 Å². The molecule has 0 unspecified atom stereocenters. The number of benzene rings is 1. The van der Waals surface area contributed by atoms with Crippen molar-refractivity contribution in [2.24, 2.45) is 0 Å². The minimum atomic E-state index is -0.461. The van der Waals surface area contributed by atoms with E-state index in [2.05, 4.69) is 19.2 Å². The number of rotatable bonds is 8. The number of allylic oxidation sites excluding steroid dienone is 1. The van der Waals surface area contributed by atoms with Gasteiger partial charge in [0.2, 0.25) is 5.78 Å². The van der Waals surface area contributed by atoms with E-state index in [9.17, 15) is 10.1 Å². The van der Waals surface area contributed by atoms with Crippen molar-refractivity contribution in [3.05, 3.63) is 45.6 Å². The summed E-state index contributed by atoms with van der Waals surface area (Å²) in [5.74, 6) is -0.461. The summed E-state index contributed by atoms with van der Waals surface area (Å²) in [5.41, 5.74) is 0.176. The number of nitrogens with one attached hydrogen (secondary N) is 1. The number of halogens is 2. The second-order valence-corrected chi connectivity index (χ2v) is 5.85. The predicted octanol–water partition coefficient (Wildman–Crippen LogP) is 5.14. The second-order valence-electron chi connectivity index (χ2n) is 5.04. The van der Waals surface area contributed by atoms with Gasteiger partial charge >= 0.3 is 0 Å². The Kier molecular flexibility index (Phi) is 8.01.